The molecule has 2 heterocycles. The van der Waals surface area contributed by atoms with Crippen LogP contribution < -0.4 is 5.32 Å². The van der Waals surface area contributed by atoms with Gasteiger partial charge in [-0.2, -0.15) is 0 Å². The summed E-state index contributed by atoms with van der Waals surface area (Å²) in [5.74, 6) is 0.484. The number of nitrogens with one attached hydrogen (secondary N) is 1. The molecule has 0 saturated carbocycles. The number of carbonyl (C=O) groups is 1. The van der Waals surface area contributed by atoms with E-state index in [9.17, 15) is 4.79 Å². The minimum atomic E-state index is -0.415. The van der Waals surface area contributed by atoms with E-state index >= 15 is 0 Å². The third-order valence-corrected chi connectivity index (χ3v) is 3.40. The molecule has 104 valence electrons. The second kappa shape index (κ2) is 5.45. The first-order chi connectivity index (χ1) is 8.46. The molecule has 0 bridgehead atoms. The molecule has 0 aromatic heterocycles. The van der Waals surface area contributed by atoms with Gasteiger partial charge < -0.3 is 19.7 Å². The maximum Gasteiger partial charge on any atom is 0.410 e. The van der Waals surface area contributed by atoms with Gasteiger partial charge in [0.05, 0.1) is 13.2 Å². The zero-order valence-corrected chi connectivity index (χ0v) is 11.6. The van der Waals surface area contributed by atoms with Crippen molar-refractivity contribution in [3.05, 3.63) is 0 Å². The van der Waals surface area contributed by atoms with Gasteiger partial charge in [-0.3, -0.25) is 0 Å². The molecule has 18 heavy (non-hydrogen) atoms. The van der Waals surface area contributed by atoms with Gasteiger partial charge in [-0.25, -0.2) is 4.79 Å². The third kappa shape index (κ3) is 3.59. The lowest BCUT2D eigenvalue weighted by molar-refractivity contribution is 0.0262. The predicted molar refractivity (Wildman–Crippen MR) is 68.5 cm³/mol. The molecule has 0 aromatic rings. The van der Waals surface area contributed by atoms with Crippen molar-refractivity contribution in [1.29, 1.82) is 0 Å². The van der Waals surface area contributed by atoms with Gasteiger partial charge in [0.25, 0.3) is 0 Å². The number of hydrogen-bond donors (Lipinski definition) is 1. The molecular formula is C13H24N2O3. The van der Waals surface area contributed by atoms with Crippen LogP contribution in [0.25, 0.3) is 0 Å². The Morgan fingerprint density at radius 2 is 2.22 bits per heavy atom. The summed E-state index contributed by atoms with van der Waals surface area (Å²) in [4.78, 5) is 13.8. The lowest BCUT2D eigenvalue weighted by Crippen LogP contribution is -2.47. The van der Waals surface area contributed by atoms with Crippen molar-refractivity contribution in [1.82, 2.24) is 10.2 Å². The summed E-state index contributed by atoms with van der Waals surface area (Å²) in [7, 11) is 0. The van der Waals surface area contributed by atoms with Crippen molar-refractivity contribution >= 4 is 6.09 Å². The fraction of sp³-hybridized carbons (Fsp3) is 0.923. The standard InChI is InChI=1S/C13H24N2O3/c1-13(2,3)18-12(16)15-6-4-10(8-15)11-9-17-7-5-14-11/h10-11,14H,4-9H2,1-3H3. The number of morpholine rings is 1. The molecule has 2 fully saturated rings. The van der Waals surface area contributed by atoms with Crippen molar-refractivity contribution in [3.63, 3.8) is 0 Å². The molecule has 0 aromatic carbocycles. The predicted octanol–water partition coefficient (Wildman–Crippen LogP) is 1.23. The van der Waals surface area contributed by atoms with Crippen LogP contribution in [0.3, 0.4) is 0 Å². The first kappa shape index (κ1) is 13.6. The molecule has 2 unspecified atom stereocenters. The molecule has 5 heteroatoms. The molecule has 2 aliphatic rings. The van der Waals surface area contributed by atoms with Crippen LogP contribution in [-0.2, 0) is 9.47 Å². The summed E-state index contributed by atoms with van der Waals surface area (Å²) in [6.45, 7) is 9.71. The van der Waals surface area contributed by atoms with E-state index < -0.39 is 5.60 Å². The van der Waals surface area contributed by atoms with Gasteiger partial charge >= 0.3 is 6.09 Å². The third-order valence-electron chi connectivity index (χ3n) is 3.40. The molecule has 2 atom stereocenters. The summed E-state index contributed by atoms with van der Waals surface area (Å²) < 4.78 is 10.9. The Morgan fingerprint density at radius 3 is 2.83 bits per heavy atom. The molecule has 0 spiro atoms. The average Bonchev–Trinajstić information content (AvgIpc) is 2.77. The Balaban J connectivity index is 1.82. The van der Waals surface area contributed by atoms with Crippen LogP contribution >= 0.6 is 0 Å². The second-order valence-electron chi connectivity index (χ2n) is 6.11. The fourth-order valence-electron chi connectivity index (χ4n) is 2.50. The Morgan fingerprint density at radius 1 is 1.44 bits per heavy atom. The minimum absolute atomic E-state index is 0.193. The highest BCUT2D eigenvalue weighted by molar-refractivity contribution is 5.68. The monoisotopic (exact) mass is 256 g/mol. The van der Waals surface area contributed by atoms with E-state index in [1.165, 1.54) is 0 Å². The van der Waals surface area contributed by atoms with Crippen molar-refractivity contribution in [2.24, 2.45) is 5.92 Å². The van der Waals surface area contributed by atoms with Gasteiger partial charge in [0.15, 0.2) is 0 Å². The topological polar surface area (TPSA) is 50.8 Å². The van der Waals surface area contributed by atoms with E-state index in [0.29, 0.717) is 12.0 Å². The van der Waals surface area contributed by atoms with Crippen LogP contribution in [0.5, 0.6) is 0 Å². The Bertz CT molecular complexity index is 295. The number of ether oxygens (including phenoxy) is 2. The Labute approximate surface area is 109 Å². The zero-order chi connectivity index (χ0) is 13.2. The molecule has 2 rings (SSSR count). The summed E-state index contributed by atoms with van der Waals surface area (Å²) in [6.07, 6.45) is 0.835. The van der Waals surface area contributed by atoms with E-state index in [2.05, 4.69) is 5.32 Å². The van der Waals surface area contributed by atoms with Gasteiger partial charge in [0.1, 0.15) is 5.60 Å². The minimum Gasteiger partial charge on any atom is -0.444 e. The zero-order valence-electron chi connectivity index (χ0n) is 11.6. The summed E-state index contributed by atoms with van der Waals surface area (Å²) in [6, 6.07) is 0.381. The van der Waals surface area contributed by atoms with Crippen LogP contribution in [0.15, 0.2) is 0 Å². The van der Waals surface area contributed by atoms with Crippen LogP contribution in [0, 0.1) is 5.92 Å². The van der Waals surface area contributed by atoms with Gasteiger partial charge in [-0.15, -0.1) is 0 Å². The largest absolute Gasteiger partial charge is 0.444 e. The number of likely N-dealkylation sites (tertiary alicyclic amines) is 1. The van der Waals surface area contributed by atoms with Crippen molar-refractivity contribution < 1.29 is 14.3 Å². The molecule has 5 nitrogen and oxygen atoms in total. The molecule has 1 N–H and O–H groups in total. The summed E-state index contributed by atoms with van der Waals surface area (Å²) in [5, 5.41) is 3.46. The highest BCUT2D eigenvalue weighted by atomic mass is 16.6. The van der Waals surface area contributed by atoms with E-state index in [0.717, 1.165) is 39.3 Å². The highest BCUT2D eigenvalue weighted by Gasteiger charge is 2.34. The smallest absolute Gasteiger partial charge is 0.410 e. The second-order valence-corrected chi connectivity index (χ2v) is 6.11. The van der Waals surface area contributed by atoms with Gasteiger partial charge in [-0.1, -0.05) is 0 Å². The first-order valence-corrected chi connectivity index (χ1v) is 6.75. The van der Waals surface area contributed by atoms with Crippen LogP contribution in [0.2, 0.25) is 0 Å². The molecule has 2 saturated heterocycles. The molecule has 0 radical (unpaired) electrons. The normalized spacial score (nSPS) is 29.4. The van der Waals surface area contributed by atoms with Crippen molar-refractivity contribution in [2.75, 3.05) is 32.8 Å². The Kier molecular flexibility index (Phi) is 4.12. The average molecular weight is 256 g/mol. The van der Waals surface area contributed by atoms with Gasteiger partial charge in [-0.05, 0) is 33.1 Å². The number of amides is 1. The SMILES string of the molecule is CC(C)(C)OC(=O)N1CCC(C2COCCN2)C1. The molecular weight excluding hydrogens is 232 g/mol. The van der Waals surface area contributed by atoms with E-state index in [1.54, 1.807) is 0 Å². The van der Waals surface area contributed by atoms with Crippen LogP contribution in [0.1, 0.15) is 27.2 Å². The van der Waals surface area contributed by atoms with E-state index in [1.807, 2.05) is 25.7 Å². The van der Waals surface area contributed by atoms with E-state index in [-0.39, 0.29) is 6.09 Å². The van der Waals surface area contributed by atoms with Crippen molar-refractivity contribution in [2.45, 2.75) is 38.8 Å². The summed E-state index contributed by atoms with van der Waals surface area (Å²) in [5.41, 5.74) is -0.415. The molecule has 1 amide bonds. The summed E-state index contributed by atoms with van der Waals surface area (Å²) >= 11 is 0. The van der Waals surface area contributed by atoms with Crippen molar-refractivity contribution in [3.8, 4) is 0 Å². The molecule has 2 aliphatic heterocycles. The first-order valence-electron chi connectivity index (χ1n) is 6.75. The van der Waals surface area contributed by atoms with Gasteiger partial charge in [0, 0.05) is 25.7 Å². The number of hydrogen-bond acceptors (Lipinski definition) is 4. The van der Waals surface area contributed by atoms with Crippen LogP contribution in [0.4, 0.5) is 4.79 Å². The highest BCUT2D eigenvalue weighted by Crippen LogP contribution is 2.23. The van der Waals surface area contributed by atoms with Crippen LogP contribution in [-0.4, -0.2) is 55.5 Å². The maximum absolute atomic E-state index is 11.9. The molecule has 0 aliphatic carbocycles. The number of carbonyl (C=O) groups excluding carboxylic acids is 1. The fourth-order valence-corrected chi connectivity index (χ4v) is 2.50. The van der Waals surface area contributed by atoms with E-state index in [4.69, 9.17) is 9.47 Å². The quantitative estimate of drug-likeness (QED) is 0.766. The van der Waals surface area contributed by atoms with Gasteiger partial charge in [0.2, 0.25) is 0 Å². The Hall–Kier alpha value is -0.810. The maximum atomic E-state index is 11.9. The lowest BCUT2D eigenvalue weighted by atomic mass is 9.99. The lowest BCUT2D eigenvalue weighted by Gasteiger charge is -2.29. The number of nitrogens with zero attached hydrogens (tertiary/aromatic N) is 1. The number of rotatable bonds is 1.